The Morgan fingerprint density at radius 1 is 1.05 bits per heavy atom. The summed E-state index contributed by atoms with van der Waals surface area (Å²) >= 11 is 0. The molecule has 1 aromatic carbocycles. The number of methoxy groups -OCH3 is 1. The van der Waals surface area contributed by atoms with Crippen LogP contribution in [0, 0.1) is 5.92 Å². The average Bonchev–Trinajstić information content (AvgIpc) is 2.50. The van der Waals surface area contributed by atoms with Crippen molar-refractivity contribution in [3.63, 3.8) is 0 Å². The van der Waals surface area contributed by atoms with Crippen molar-refractivity contribution in [1.29, 1.82) is 0 Å². The van der Waals surface area contributed by atoms with Crippen LogP contribution < -0.4 is 5.32 Å². The summed E-state index contributed by atoms with van der Waals surface area (Å²) in [6.07, 6.45) is 0. The fourth-order valence-corrected chi connectivity index (χ4v) is 2.38. The molecule has 0 bridgehead atoms. The molecule has 0 saturated heterocycles. The molecule has 0 aliphatic heterocycles. The highest BCUT2D eigenvalue weighted by molar-refractivity contribution is 5.22. The first-order valence-corrected chi connectivity index (χ1v) is 8.13. The van der Waals surface area contributed by atoms with Gasteiger partial charge in [-0.2, -0.15) is 0 Å². The second kappa shape index (κ2) is 9.93. The molecule has 1 unspecified atom stereocenters. The smallest absolute Gasteiger partial charge is 0.0618 e. The van der Waals surface area contributed by atoms with Gasteiger partial charge in [-0.25, -0.2) is 0 Å². The fourth-order valence-electron chi connectivity index (χ4n) is 2.38. The van der Waals surface area contributed by atoms with Crippen LogP contribution in [0.3, 0.4) is 0 Å². The summed E-state index contributed by atoms with van der Waals surface area (Å²) in [6.45, 7) is 13.8. The molecule has 0 spiro atoms. The summed E-state index contributed by atoms with van der Waals surface area (Å²) in [6, 6.07) is 9.36. The third-order valence-electron chi connectivity index (χ3n) is 4.04. The van der Waals surface area contributed by atoms with Crippen LogP contribution in [0.5, 0.6) is 0 Å². The van der Waals surface area contributed by atoms with E-state index in [0.717, 1.165) is 32.8 Å². The Bertz CT molecular complexity index is 371. The minimum absolute atomic E-state index is 0.408. The van der Waals surface area contributed by atoms with E-state index in [1.54, 1.807) is 7.11 Å². The maximum Gasteiger partial charge on any atom is 0.0618 e. The lowest BCUT2D eigenvalue weighted by Gasteiger charge is -2.22. The van der Waals surface area contributed by atoms with E-state index < -0.39 is 0 Å². The van der Waals surface area contributed by atoms with Crippen molar-refractivity contribution in [2.45, 2.75) is 46.8 Å². The van der Waals surface area contributed by atoms with E-state index in [1.807, 2.05) is 0 Å². The molecule has 0 amide bonds. The van der Waals surface area contributed by atoms with Gasteiger partial charge in [-0.05, 0) is 30.1 Å². The zero-order valence-corrected chi connectivity index (χ0v) is 14.4. The maximum absolute atomic E-state index is 5.27. The fraction of sp³-hybridized carbons (Fsp3) is 0.667. The standard InChI is InChI=1S/C18H32N2O/c1-6-20(7-2)13-17-10-8-16(9-11-17)12-19-18(14-21-5)15(3)4/h8-11,15,18-19H,6-7,12-14H2,1-5H3. The summed E-state index contributed by atoms with van der Waals surface area (Å²) in [5.41, 5.74) is 2.72. The molecule has 0 aliphatic rings. The van der Waals surface area contributed by atoms with Crippen molar-refractivity contribution < 1.29 is 4.74 Å². The third kappa shape index (κ3) is 6.60. The van der Waals surface area contributed by atoms with Gasteiger partial charge in [0.2, 0.25) is 0 Å². The highest BCUT2D eigenvalue weighted by atomic mass is 16.5. The number of nitrogens with zero attached hydrogens (tertiary/aromatic N) is 1. The molecule has 1 rings (SSSR count). The van der Waals surface area contributed by atoms with Gasteiger partial charge >= 0.3 is 0 Å². The molecule has 0 fully saturated rings. The predicted molar refractivity (Wildman–Crippen MR) is 90.4 cm³/mol. The second-order valence-electron chi connectivity index (χ2n) is 5.96. The number of benzene rings is 1. The topological polar surface area (TPSA) is 24.5 Å². The molecule has 0 heterocycles. The molecule has 3 heteroatoms. The zero-order chi connectivity index (χ0) is 15.7. The van der Waals surface area contributed by atoms with E-state index in [9.17, 15) is 0 Å². The molecule has 21 heavy (non-hydrogen) atoms. The van der Waals surface area contributed by atoms with Gasteiger partial charge in [-0.15, -0.1) is 0 Å². The van der Waals surface area contributed by atoms with Gasteiger partial charge in [-0.3, -0.25) is 4.90 Å². The van der Waals surface area contributed by atoms with Crippen molar-refractivity contribution in [1.82, 2.24) is 10.2 Å². The van der Waals surface area contributed by atoms with E-state index >= 15 is 0 Å². The summed E-state index contributed by atoms with van der Waals surface area (Å²) in [5, 5.41) is 3.58. The highest BCUT2D eigenvalue weighted by Gasteiger charge is 2.12. The van der Waals surface area contributed by atoms with Gasteiger partial charge < -0.3 is 10.1 Å². The van der Waals surface area contributed by atoms with E-state index in [1.165, 1.54) is 11.1 Å². The van der Waals surface area contributed by atoms with Gasteiger partial charge in [0, 0.05) is 26.2 Å². The van der Waals surface area contributed by atoms with E-state index in [2.05, 4.69) is 62.2 Å². The Hall–Kier alpha value is -0.900. The number of ether oxygens (including phenoxy) is 1. The molecule has 1 atom stereocenters. The van der Waals surface area contributed by atoms with Crippen LogP contribution in [0.15, 0.2) is 24.3 Å². The maximum atomic E-state index is 5.27. The molecule has 1 N–H and O–H groups in total. The summed E-state index contributed by atoms with van der Waals surface area (Å²) < 4.78 is 5.27. The summed E-state index contributed by atoms with van der Waals surface area (Å²) in [4.78, 5) is 2.43. The van der Waals surface area contributed by atoms with Gasteiger partial charge in [0.1, 0.15) is 0 Å². The van der Waals surface area contributed by atoms with Crippen molar-refractivity contribution in [3.05, 3.63) is 35.4 Å². The van der Waals surface area contributed by atoms with E-state index in [-0.39, 0.29) is 0 Å². The lowest BCUT2D eigenvalue weighted by atomic mass is 10.0. The van der Waals surface area contributed by atoms with Crippen LogP contribution in [0.25, 0.3) is 0 Å². The van der Waals surface area contributed by atoms with Gasteiger partial charge in [0.15, 0.2) is 0 Å². The number of nitrogens with one attached hydrogen (secondary N) is 1. The van der Waals surface area contributed by atoms with E-state index in [0.29, 0.717) is 12.0 Å². The molecule has 3 nitrogen and oxygen atoms in total. The van der Waals surface area contributed by atoms with Gasteiger partial charge in [0.05, 0.1) is 6.61 Å². The minimum atomic E-state index is 0.408. The lowest BCUT2D eigenvalue weighted by molar-refractivity contribution is 0.146. The van der Waals surface area contributed by atoms with Gasteiger partial charge in [-0.1, -0.05) is 52.0 Å². The molecule has 1 aromatic rings. The largest absolute Gasteiger partial charge is 0.383 e. The Kier molecular flexibility index (Phi) is 8.58. The van der Waals surface area contributed by atoms with Crippen molar-refractivity contribution in [2.24, 2.45) is 5.92 Å². The molecular formula is C18H32N2O. The Morgan fingerprint density at radius 3 is 2.10 bits per heavy atom. The molecular weight excluding hydrogens is 260 g/mol. The second-order valence-corrected chi connectivity index (χ2v) is 5.96. The number of rotatable bonds is 10. The SMILES string of the molecule is CCN(CC)Cc1ccc(CNC(COC)C(C)C)cc1. The Labute approximate surface area is 130 Å². The van der Waals surface area contributed by atoms with E-state index in [4.69, 9.17) is 4.74 Å². The monoisotopic (exact) mass is 292 g/mol. The van der Waals surface area contributed by atoms with Crippen LogP contribution in [-0.4, -0.2) is 37.7 Å². The minimum Gasteiger partial charge on any atom is -0.383 e. The van der Waals surface area contributed by atoms with Crippen LogP contribution in [-0.2, 0) is 17.8 Å². The third-order valence-corrected chi connectivity index (χ3v) is 4.04. The normalized spacial score (nSPS) is 13.1. The van der Waals surface area contributed by atoms with Crippen molar-refractivity contribution in [2.75, 3.05) is 26.8 Å². The summed E-state index contributed by atoms with van der Waals surface area (Å²) in [5.74, 6) is 0.576. The van der Waals surface area contributed by atoms with Crippen LogP contribution >= 0.6 is 0 Å². The zero-order valence-electron chi connectivity index (χ0n) is 14.4. The van der Waals surface area contributed by atoms with Crippen LogP contribution in [0.1, 0.15) is 38.8 Å². The predicted octanol–water partition coefficient (Wildman–Crippen LogP) is 3.29. The Morgan fingerprint density at radius 2 is 1.62 bits per heavy atom. The van der Waals surface area contributed by atoms with Crippen molar-refractivity contribution >= 4 is 0 Å². The van der Waals surface area contributed by atoms with Crippen molar-refractivity contribution in [3.8, 4) is 0 Å². The average molecular weight is 292 g/mol. The molecule has 0 aromatic heterocycles. The summed E-state index contributed by atoms with van der Waals surface area (Å²) in [7, 11) is 1.76. The Balaban J connectivity index is 2.50. The molecule has 0 saturated carbocycles. The van der Waals surface area contributed by atoms with Crippen LogP contribution in [0.2, 0.25) is 0 Å². The number of hydrogen-bond donors (Lipinski definition) is 1. The van der Waals surface area contributed by atoms with Gasteiger partial charge in [0.25, 0.3) is 0 Å². The highest BCUT2D eigenvalue weighted by Crippen LogP contribution is 2.09. The number of hydrogen-bond acceptors (Lipinski definition) is 3. The molecule has 120 valence electrons. The lowest BCUT2D eigenvalue weighted by Crippen LogP contribution is -2.37. The first kappa shape index (κ1) is 18.1. The quantitative estimate of drug-likeness (QED) is 0.716. The van der Waals surface area contributed by atoms with Crippen LogP contribution in [0.4, 0.5) is 0 Å². The molecule has 0 aliphatic carbocycles. The molecule has 0 radical (unpaired) electrons. The first-order valence-electron chi connectivity index (χ1n) is 8.13. The first-order chi connectivity index (χ1) is 10.1.